The summed E-state index contributed by atoms with van der Waals surface area (Å²) in [6.07, 6.45) is 0. The van der Waals surface area contributed by atoms with Gasteiger partial charge in [-0.25, -0.2) is 0 Å². The first-order chi connectivity index (χ1) is 13.9. The Morgan fingerprint density at radius 3 is 2.59 bits per heavy atom. The number of nitrogens with one attached hydrogen (secondary N) is 1. The van der Waals surface area contributed by atoms with Crippen LogP contribution < -0.4 is 5.32 Å². The molecule has 0 aliphatic carbocycles. The van der Waals surface area contributed by atoms with Crippen molar-refractivity contribution < 1.29 is 14.1 Å². The van der Waals surface area contributed by atoms with E-state index in [2.05, 4.69) is 26.4 Å². The summed E-state index contributed by atoms with van der Waals surface area (Å²) in [5.41, 5.74) is 1.67. The highest BCUT2D eigenvalue weighted by Gasteiger charge is 2.27. The minimum absolute atomic E-state index is 0.00208. The van der Waals surface area contributed by atoms with Crippen molar-refractivity contribution in [2.75, 3.05) is 38.0 Å². The fraction of sp³-hybridized carbons (Fsp3) is 0.350. The number of aryl methyl sites for hydroxylation is 2. The summed E-state index contributed by atoms with van der Waals surface area (Å²) in [4.78, 5) is 29.2. The summed E-state index contributed by atoms with van der Waals surface area (Å²) < 4.78 is 7.71. The van der Waals surface area contributed by atoms with Crippen molar-refractivity contribution in [2.45, 2.75) is 6.92 Å². The van der Waals surface area contributed by atoms with E-state index < -0.39 is 0 Å². The van der Waals surface area contributed by atoms with Gasteiger partial charge in [-0.1, -0.05) is 23.4 Å². The van der Waals surface area contributed by atoms with Crippen LogP contribution >= 0.6 is 15.9 Å². The minimum atomic E-state index is -0.144. The van der Waals surface area contributed by atoms with E-state index >= 15 is 0 Å². The number of para-hydroxylation sites is 1. The van der Waals surface area contributed by atoms with Crippen LogP contribution in [0.25, 0.3) is 10.9 Å². The molecule has 1 fully saturated rings. The van der Waals surface area contributed by atoms with Crippen molar-refractivity contribution in [1.29, 1.82) is 0 Å². The molecule has 1 N–H and O–H groups in total. The molecule has 0 unspecified atom stereocenters. The first kappa shape index (κ1) is 19.7. The molecule has 0 radical (unpaired) electrons. The number of fused-ring (bicyclic) bond motifs is 1. The van der Waals surface area contributed by atoms with Crippen molar-refractivity contribution in [3.63, 3.8) is 0 Å². The predicted molar refractivity (Wildman–Crippen MR) is 113 cm³/mol. The third-order valence-corrected chi connectivity index (χ3v) is 5.97. The number of carbonyl (C=O) groups is 2. The van der Waals surface area contributed by atoms with Crippen LogP contribution in [0, 0.1) is 6.92 Å². The average molecular weight is 460 g/mol. The fourth-order valence-corrected chi connectivity index (χ4v) is 4.42. The van der Waals surface area contributed by atoms with Gasteiger partial charge in [-0.2, -0.15) is 0 Å². The summed E-state index contributed by atoms with van der Waals surface area (Å²) >= 11 is 3.60. The van der Waals surface area contributed by atoms with Crippen molar-refractivity contribution >= 4 is 44.5 Å². The molecule has 1 saturated heterocycles. The molecule has 8 nitrogen and oxygen atoms in total. The predicted octanol–water partition coefficient (Wildman–Crippen LogP) is 2.63. The molecule has 2 amide bonds. The molecule has 0 spiro atoms. The lowest BCUT2D eigenvalue weighted by Crippen LogP contribution is -2.50. The van der Waals surface area contributed by atoms with Crippen LogP contribution in [0.5, 0.6) is 0 Å². The number of halogens is 1. The quantitative estimate of drug-likeness (QED) is 0.648. The molecule has 0 bridgehead atoms. The van der Waals surface area contributed by atoms with Gasteiger partial charge in [-0.15, -0.1) is 0 Å². The second kappa shape index (κ2) is 8.00. The SMILES string of the molecule is Cc1cc(NC(=O)CN2CCN(C(=O)c3c(Br)c4ccccc4n3C)CC2)no1. The summed E-state index contributed by atoms with van der Waals surface area (Å²) in [5.74, 6) is 0.918. The lowest BCUT2D eigenvalue weighted by Gasteiger charge is -2.34. The van der Waals surface area contributed by atoms with E-state index in [0.717, 1.165) is 15.4 Å². The Morgan fingerprint density at radius 1 is 1.21 bits per heavy atom. The number of anilines is 1. The smallest absolute Gasteiger partial charge is 0.271 e. The molecular formula is C20H22BrN5O3. The van der Waals surface area contributed by atoms with Gasteiger partial charge < -0.3 is 19.3 Å². The van der Waals surface area contributed by atoms with E-state index in [1.54, 1.807) is 13.0 Å². The third-order valence-electron chi connectivity index (χ3n) is 5.17. The summed E-state index contributed by atoms with van der Waals surface area (Å²) in [6, 6.07) is 9.61. The Balaban J connectivity index is 1.37. The minimum Gasteiger partial charge on any atom is -0.360 e. The zero-order valence-corrected chi connectivity index (χ0v) is 17.9. The number of rotatable bonds is 4. The maximum Gasteiger partial charge on any atom is 0.271 e. The Morgan fingerprint density at radius 2 is 1.93 bits per heavy atom. The number of aromatic nitrogens is 2. The standard InChI is InChI=1S/C20H22BrN5O3/c1-13-11-16(23-29-13)22-17(27)12-25-7-9-26(10-8-25)20(28)19-18(21)14-5-3-4-6-15(14)24(19)2/h3-6,11H,7-10,12H2,1-2H3,(H,22,23,27). The molecule has 1 aromatic carbocycles. The third kappa shape index (κ3) is 3.92. The van der Waals surface area contributed by atoms with Crippen LogP contribution in [0.4, 0.5) is 5.82 Å². The molecule has 2 aromatic heterocycles. The van der Waals surface area contributed by atoms with Gasteiger partial charge in [0.25, 0.3) is 5.91 Å². The van der Waals surface area contributed by atoms with E-state index in [0.29, 0.717) is 43.5 Å². The van der Waals surface area contributed by atoms with Crippen LogP contribution in [0.15, 0.2) is 39.3 Å². The molecule has 4 rings (SSSR count). The lowest BCUT2D eigenvalue weighted by molar-refractivity contribution is -0.117. The molecule has 3 aromatic rings. The zero-order valence-electron chi connectivity index (χ0n) is 16.3. The molecule has 0 saturated carbocycles. The monoisotopic (exact) mass is 459 g/mol. The van der Waals surface area contributed by atoms with Crippen molar-refractivity contribution in [1.82, 2.24) is 19.5 Å². The Kier molecular flexibility index (Phi) is 5.42. The van der Waals surface area contributed by atoms with Gasteiger partial charge in [-0.3, -0.25) is 14.5 Å². The van der Waals surface area contributed by atoms with Crippen molar-refractivity contribution in [2.24, 2.45) is 7.05 Å². The zero-order chi connectivity index (χ0) is 20.5. The fourth-order valence-electron chi connectivity index (χ4n) is 3.65. The molecule has 1 aliphatic rings. The van der Waals surface area contributed by atoms with Crippen LogP contribution in [0.1, 0.15) is 16.2 Å². The van der Waals surface area contributed by atoms with Crippen LogP contribution in [-0.4, -0.2) is 64.1 Å². The van der Waals surface area contributed by atoms with E-state index in [1.807, 2.05) is 45.7 Å². The Hall–Kier alpha value is -2.65. The van der Waals surface area contributed by atoms with E-state index in [1.165, 1.54) is 0 Å². The number of benzene rings is 1. The second-order valence-corrected chi connectivity index (χ2v) is 7.97. The maximum absolute atomic E-state index is 13.1. The molecular weight excluding hydrogens is 438 g/mol. The maximum atomic E-state index is 13.1. The number of nitrogens with zero attached hydrogens (tertiary/aromatic N) is 4. The van der Waals surface area contributed by atoms with E-state index in [4.69, 9.17) is 4.52 Å². The second-order valence-electron chi connectivity index (χ2n) is 7.18. The highest BCUT2D eigenvalue weighted by Crippen LogP contribution is 2.31. The Bertz CT molecular complexity index is 1030. The van der Waals surface area contributed by atoms with E-state index in [-0.39, 0.29) is 18.4 Å². The number of piperazine rings is 1. The summed E-state index contributed by atoms with van der Waals surface area (Å²) in [5, 5.41) is 7.52. The molecule has 152 valence electrons. The molecule has 3 heterocycles. The van der Waals surface area contributed by atoms with Crippen LogP contribution in [-0.2, 0) is 11.8 Å². The van der Waals surface area contributed by atoms with Gasteiger partial charge in [0.2, 0.25) is 5.91 Å². The van der Waals surface area contributed by atoms with Crippen molar-refractivity contribution in [3.8, 4) is 0 Å². The van der Waals surface area contributed by atoms with Crippen LogP contribution in [0.2, 0.25) is 0 Å². The number of carbonyl (C=O) groups excluding carboxylic acids is 2. The molecule has 9 heteroatoms. The highest BCUT2D eigenvalue weighted by atomic mass is 79.9. The van der Waals surface area contributed by atoms with Crippen molar-refractivity contribution in [3.05, 3.63) is 46.3 Å². The first-order valence-electron chi connectivity index (χ1n) is 9.41. The Labute approximate surface area is 176 Å². The van der Waals surface area contributed by atoms with Gasteiger partial charge in [0.05, 0.1) is 11.0 Å². The first-order valence-corrected chi connectivity index (χ1v) is 10.2. The van der Waals surface area contributed by atoms with Gasteiger partial charge in [0, 0.05) is 50.2 Å². The summed E-state index contributed by atoms with van der Waals surface area (Å²) in [7, 11) is 1.91. The molecule has 1 aliphatic heterocycles. The largest absolute Gasteiger partial charge is 0.360 e. The summed E-state index contributed by atoms with van der Waals surface area (Å²) in [6.45, 7) is 4.45. The van der Waals surface area contributed by atoms with Gasteiger partial charge in [0.15, 0.2) is 5.82 Å². The topological polar surface area (TPSA) is 83.6 Å². The number of amides is 2. The molecule has 0 atom stereocenters. The average Bonchev–Trinajstić information content (AvgIpc) is 3.23. The van der Waals surface area contributed by atoms with Gasteiger partial charge >= 0.3 is 0 Å². The van der Waals surface area contributed by atoms with Crippen LogP contribution in [0.3, 0.4) is 0 Å². The lowest BCUT2D eigenvalue weighted by atomic mass is 10.2. The number of hydrogen-bond acceptors (Lipinski definition) is 5. The normalized spacial score (nSPS) is 15.1. The van der Waals surface area contributed by atoms with Gasteiger partial charge in [0.1, 0.15) is 11.5 Å². The number of hydrogen-bond donors (Lipinski definition) is 1. The van der Waals surface area contributed by atoms with E-state index in [9.17, 15) is 9.59 Å². The highest BCUT2D eigenvalue weighted by molar-refractivity contribution is 9.10. The molecule has 29 heavy (non-hydrogen) atoms. The van der Waals surface area contributed by atoms with Gasteiger partial charge in [-0.05, 0) is 28.9 Å².